The molecule has 8 aromatic carbocycles. The molecule has 17 aliphatic heterocycles. The van der Waals surface area contributed by atoms with Crippen LogP contribution in [0.3, 0.4) is 0 Å². The zero-order valence-corrected chi connectivity index (χ0v) is 54.4. The monoisotopic (exact) mass is 1240 g/mol. The molecule has 0 aromatic heterocycles. The molecular weight excluding hydrogens is 1150 g/mol. The standard InChI is InChI=1S/C76H80B4O10.C2H3N/c1-5-73-45-81-46-74(6-2)51-85-78(86-52-74)66-39-31-63(32-40-66)72(70(59-25-17-11-18-26-59)60-27-19-12-20-28-60)64-35-43-68(44-36-64)80-89-55-76(8-4,56-90-80)48-82-47-75(7-3)53-87-79(88-54-75)67-41-33-62(34-42-67)71(61-29-37-65(38-30-61)77(83-49-73)84-50-73)69(57-21-13-9-14-22-57)58-23-15-10-16-24-58;1-2-3/h9-44H,5-8,45-56H2,1-4H3;1H3. The summed E-state index contributed by atoms with van der Waals surface area (Å²) in [6, 6.07) is 79.1. The Morgan fingerprint density at radius 2 is 0.484 bits per heavy atom. The summed E-state index contributed by atoms with van der Waals surface area (Å²) in [5.41, 5.74) is 15.9. The largest absolute Gasteiger partial charge is 0.493 e. The van der Waals surface area contributed by atoms with Crippen LogP contribution in [0.5, 0.6) is 0 Å². The van der Waals surface area contributed by atoms with Gasteiger partial charge in [0.15, 0.2) is 0 Å². The lowest BCUT2D eigenvalue weighted by molar-refractivity contribution is -0.0974. The number of benzene rings is 8. The maximum absolute atomic E-state index is 7.32. The molecule has 25 rings (SSSR count). The van der Waals surface area contributed by atoms with Crippen molar-refractivity contribution in [2.24, 2.45) is 21.7 Å². The van der Waals surface area contributed by atoms with Gasteiger partial charge in [0.25, 0.3) is 0 Å². The van der Waals surface area contributed by atoms with Crippen molar-refractivity contribution in [1.82, 2.24) is 0 Å². The SMILES string of the molecule is CC#N.CCC12COCC3(CC)COB(OC3)c3ccc(cc3)C(=C(c3ccccc3)c3ccccc3)c3ccc(cc3)B3OCC(CC)(COCC4(CC)COB(OC4)c4ccc(cc4)C(=C(c4ccccc4)c4ccccc4)c4ccc(cc4)B(OC1)OC2)CO3. The van der Waals surface area contributed by atoms with Gasteiger partial charge in [-0.25, -0.2) is 0 Å². The first kappa shape index (κ1) is 65.6. The number of nitriles is 1. The molecule has 0 unspecified atom stereocenters. The van der Waals surface area contributed by atoms with E-state index in [-0.39, 0.29) is 21.7 Å². The van der Waals surface area contributed by atoms with Gasteiger partial charge in [0.2, 0.25) is 0 Å². The summed E-state index contributed by atoms with van der Waals surface area (Å²) in [6.45, 7) is 16.3. The zero-order valence-electron chi connectivity index (χ0n) is 54.4. The van der Waals surface area contributed by atoms with Gasteiger partial charge in [-0.05, 0) is 114 Å². The van der Waals surface area contributed by atoms with Gasteiger partial charge in [0.1, 0.15) is 0 Å². The molecule has 4 saturated heterocycles. The summed E-state index contributed by atoms with van der Waals surface area (Å²) >= 11 is 0. The van der Waals surface area contributed by atoms with E-state index in [0.29, 0.717) is 79.3 Å². The molecule has 0 atom stereocenters. The van der Waals surface area contributed by atoms with E-state index in [2.05, 4.69) is 246 Å². The topological polar surface area (TPSA) is 116 Å². The van der Waals surface area contributed by atoms with E-state index in [9.17, 15) is 0 Å². The number of hydrogen-bond acceptors (Lipinski definition) is 11. The summed E-state index contributed by atoms with van der Waals surface area (Å²) in [5.74, 6) is 0. The summed E-state index contributed by atoms with van der Waals surface area (Å²) < 4.78 is 66.6. The molecule has 93 heavy (non-hydrogen) atoms. The fourth-order valence-electron chi connectivity index (χ4n) is 13.1. The van der Waals surface area contributed by atoms with Crippen LogP contribution in [0.15, 0.2) is 218 Å². The highest BCUT2D eigenvalue weighted by Crippen LogP contribution is 2.40. The molecule has 17 aliphatic rings. The lowest BCUT2D eigenvalue weighted by Crippen LogP contribution is -2.53. The van der Waals surface area contributed by atoms with Crippen molar-refractivity contribution in [3.8, 4) is 6.07 Å². The first-order valence-electron chi connectivity index (χ1n) is 33.1. The summed E-state index contributed by atoms with van der Waals surface area (Å²) in [4.78, 5) is 0. The molecule has 16 bridgehead atoms. The van der Waals surface area contributed by atoms with Crippen molar-refractivity contribution in [3.63, 3.8) is 0 Å². The fourth-order valence-corrected chi connectivity index (χ4v) is 13.1. The quantitative estimate of drug-likeness (QED) is 0.135. The number of ether oxygens (including phenoxy) is 2. The third-order valence-corrected chi connectivity index (χ3v) is 19.6. The minimum Gasteiger partial charge on any atom is -0.407 e. The second-order valence-electron chi connectivity index (χ2n) is 25.9. The van der Waals surface area contributed by atoms with Crippen LogP contribution in [-0.4, -0.2) is 108 Å². The van der Waals surface area contributed by atoms with Crippen molar-refractivity contribution in [3.05, 3.63) is 263 Å². The van der Waals surface area contributed by atoms with E-state index >= 15 is 0 Å². The predicted octanol–water partition coefficient (Wildman–Crippen LogP) is 12.5. The highest BCUT2D eigenvalue weighted by Gasteiger charge is 2.45. The van der Waals surface area contributed by atoms with Gasteiger partial charge in [0.05, 0.1) is 32.5 Å². The van der Waals surface area contributed by atoms with E-state index in [1.165, 1.54) is 6.92 Å². The van der Waals surface area contributed by atoms with Crippen LogP contribution < -0.4 is 21.9 Å². The predicted molar refractivity (Wildman–Crippen MR) is 375 cm³/mol. The van der Waals surface area contributed by atoms with Crippen molar-refractivity contribution in [1.29, 1.82) is 5.26 Å². The first-order valence-corrected chi connectivity index (χ1v) is 33.1. The van der Waals surface area contributed by atoms with Crippen LogP contribution in [0.2, 0.25) is 0 Å². The second-order valence-corrected chi connectivity index (χ2v) is 25.9. The van der Waals surface area contributed by atoms with Gasteiger partial charge in [-0.3, -0.25) is 0 Å². The van der Waals surface area contributed by atoms with Crippen molar-refractivity contribution >= 4 is 72.6 Å². The van der Waals surface area contributed by atoms with Crippen molar-refractivity contribution in [2.45, 2.75) is 60.3 Å². The molecule has 0 aliphatic carbocycles. The minimum absolute atomic E-state index is 0.306. The van der Waals surface area contributed by atoms with E-state index < -0.39 is 28.5 Å². The Bertz CT molecular complexity index is 3300. The molecule has 8 aromatic rings. The smallest absolute Gasteiger partial charge is 0.407 e. The van der Waals surface area contributed by atoms with Crippen LogP contribution in [0.1, 0.15) is 105 Å². The molecule has 0 radical (unpaired) electrons. The molecule has 4 fully saturated rings. The van der Waals surface area contributed by atoms with Crippen molar-refractivity contribution in [2.75, 3.05) is 79.3 Å². The van der Waals surface area contributed by atoms with Gasteiger partial charge in [-0.1, -0.05) is 246 Å². The molecule has 0 spiro atoms. The van der Waals surface area contributed by atoms with Gasteiger partial charge in [0, 0.05) is 81.4 Å². The average molecular weight is 1240 g/mol. The Kier molecular flexibility index (Phi) is 21.4. The van der Waals surface area contributed by atoms with Crippen LogP contribution in [-0.2, 0) is 46.7 Å². The Morgan fingerprint density at radius 3 is 0.656 bits per heavy atom. The summed E-state index contributed by atoms with van der Waals surface area (Å²) in [5, 5.41) is 7.32. The maximum atomic E-state index is 7.32. The van der Waals surface area contributed by atoms with E-state index in [1.54, 1.807) is 6.07 Å². The lowest BCUT2D eigenvalue weighted by Gasteiger charge is -2.41. The van der Waals surface area contributed by atoms with Crippen LogP contribution >= 0.6 is 0 Å². The van der Waals surface area contributed by atoms with E-state index in [0.717, 1.165) is 114 Å². The third-order valence-electron chi connectivity index (χ3n) is 19.6. The number of hydrogen-bond donors (Lipinski definition) is 0. The van der Waals surface area contributed by atoms with E-state index in [1.807, 2.05) is 0 Å². The Labute approximate surface area is 551 Å². The van der Waals surface area contributed by atoms with Crippen LogP contribution in [0, 0.1) is 33.0 Å². The first-order chi connectivity index (χ1) is 45.6. The molecular formula is C78H83B4NO10. The van der Waals surface area contributed by atoms with Crippen LogP contribution in [0.4, 0.5) is 0 Å². The Hall–Kier alpha value is -7.41. The molecule has 0 amide bonds. The average Bonchev–Trinajstić information content (AvgIpc) is 0.857. The molecule has 0 saturated carbocycles. The normalized spacial score (nSPS) is 22.8. The second kappa shape index (κ2) is 30.3. The molecule has 17 heterocycles. The number of rotatable bonds is 8. The van der Waals surface area contributed by atoms with Gasteiger partial charge in [-0.15, -0.1) is 0 Å². The number of nitrogens with zero attached hydrogens (tertiary/aromatic N) is 1. The molecule has 11 nitrogen and oxygen atoms in total. The summed E-state index contributed by atoms with van der Waals surface area (Å²) in [6.07, 6.45) is 3.37. The highest BCUT2D eigenvalue weighted by atomic mass is 16.6. The van der Waals surface area contributed by atoms with Gasteiger partial charge < -0.3 is 46.7 Å². The molecule has 0 N–H and O–H groups in total. The molecule has 15 heteroatoms. The van der Waals surface area contributed by atoms with Crippen LogP contribution in [0.25, 0.3) is 22.3 Å². The summed E-state index contributed by atoms with van der Waals surface area (Å²) in [7, 11) is -2.05. The molecule has 472 valence electrons. The zero-order chi connectivity index (χ0) is 64.1. The van der Waals surface area contributed by atoms with Gasteiger partial charge >= 0.3 is 28.5 Å². The highest BCUT2D eigenvalue weighted by molar-refractivity contribution is 6.62. The lowest BCUT2D eigenvalue weighted by atomic mass is 9.73. The minimum atomic E-state index is -0.513. The Balaban J connectivity index is 0.00000272. The maximum Gasteiger partial charge on any atom is 0.493 e. The van der Waals surface area contributed by atoms with Gasteiger partial charge in [-0.2, -0.15) is 5.26 Å². The Morgan fingerprint density at radius 1 is 0.301 bits per heavy atom. The van der Waals surface area contributed by atoms with Crippen molar-refractivity contribution < 1.29 is 46.7 Å². The van der Waals surface area contributed by atoms with E-state index in [4.69, 9.17) is 52.0 Å². The third kappa shape index (κ3) is 14.9. The fraction of sp³-hybridized carbons (Fsp3) is 0.321.